The topological polar surface area (TPSA) is 30.3 Å². The number of likely N-dealkylation sites (N-methyl/N-ethyl adjacent to an activating group) is 1. The molecule has 0 aliphatic carbocycles. The molecule has 8 heteroatoms. The molecule has 0 saturated heterocycles. The van der Waals surface area contributed by atoms with Gasteiger partial charge in [0.2, 0.25) is 5.88 Å². The average molecular weight is 357 g/mol. The normalized spacial score (nSPS) is 17.6. The third kappa shape index (κ3) is 4.24. The van der Waals surface area contributed by atoms with E-state index in [2.05, 4.69) is 5.10 Å². The molecule has 0 amide bonds. The average Bonchev–Trinajstić information content (AvgIpc) is 2.94. The van der Waals surface area contributed by atoms with E-state index in [0.29, 0.717) is 12.4 Å². The molecule has 1 aliphatic rings. The highest BCUT2D eigenvalue weighted by atomic mass is 32.2. The van der Waals surface area contributed by atoms with Gasteiger partial charge in [-0.2, -0.15) is 18.3 Å². The van der Waals surface area contributed by atoms with Crippen LogP contribution in [-0.2, 0) is 12.3 Å². The predicted molar refractivity (Wildman–Crippen MR) is 86.2 cm³/mol. The molecule has 1 atom stereocenters. The molecule has 3 rings (SSSR count). The number of fused-ring (bicyclic) bond motifs is 1. The second-order valence-corrected chi connectivity index (χ2v) is 6.78. The summed E-state index contributed by atoms with van der Waals surface area (Å²) in [5.41, 5.74) is 1.20. The molecule has 0 bridgehead atoms. The van der Waals surface area contributed by atoms with Crippen molar-refractivity contribution < 1.29 is 17.9 Å². The van der Waals surface area contributed by atoms with Gasteiger partial charge in [-0.3, -0.25) is 4.90 Å². The van der Waals surface area contributed by atoms with Crippen molar-refractivity contribution in [1.82, 2.24) is 14.7 Å². The molecular weight excluding hydrogens is 339 g/mol. The Hall–Kier alpha value is -1.67. The summed E-state index contributed by atoms with van der Waals surface area (Å²) in [4.78, 5) is 2.18. The van der Waals surface area contributed by atoms with Crippen molar-refractivity contribution in [1.29, 1.82) is 0 Å². The molecule has 1 aromatic carbocycles. The van der Waals surface area contributed by atoms with E-state index in [1.807, 2.05) is 30.3 Å². The molecule has 1 aliphatic heterocycles. The number of nitrogens with zero attached hydrogens (tertiary/aromatic N) is 3. The zero-order chi connectivity index (χ0) is 17.2. The van der Waals surface area contributed by atoms with Crippen LogP contribution in [0.25, 0.3) is 0 Å². The third-order valence-corrected chi connectivity index (χ3v) is 4.91. The van der Waals surface area contributed by atoms with Gasteiger partial charge >= 0.3 is 6.18 Å². The lowest BCUT2D eigenvalue weighted by Gasteiger charge is -2.32. The first-order chi connectivity index (χ1) is 11.4. The first kappa shape index (κ1) is 17.2. The van der Waals surface area contributed by atoms with Gasteiger partial charge in [-0.15, -0.1) is 11.8 Å². The van der Waals surface area contributed by atoms with Gasteiger partial charge < -0.3 is 4.74 Å². The SMILES string of the molecule is CN(CC(F)(F)F)[C@@H]1COc2c(SCc3ccccc3)cnn2C1. The molecule has 130 valence electrons. The van der Waals surface area contributed by atoms with Gasteiger partial charge in [0, 0.05) is 5.75 Å². The van der Waals surface area contributed by atoms with Gasteiger partial charge in [0.1, 0.15) is 6.61 Å². The fourth-order valence-electron chi connectivity index (χ4n) is 2.57. The molecule has 2 aromatic rings. The van der Waals surface area contributed by atoms with Crippen molar-refractivity contribution in [3.8, 4) is 5.88 Å². The number of thioether (sulfide) groups is 1. The highest BCUT2D eigenvalue weighted by Crippen LogP contribution is 2.34. The molecule has 0 saturated carbocycles. The summed E-state index contributed by atoms with van der Waals surface area (Å²) in [7, 11) is 1.46. The lowest BCUT2D eigenvalue weighted by atomic mass is 10.2. The van der Waals surface area contributed by atoms with Crippen LogP contribution >= 0.6 is 11.8 Å². The Kier molecular flexibility index (Phi) is 5.05. The number of ether oxygens (including phenoxy) is 1. The Bertz CT molecular complexity index is 675. The lowest BCUT2D eigenvalue weighted by Crippen LogP contribution is -2.46. The van der Waals surface area contributed by atoms with Crippen LogP contribution in [0.15, 0.2) is 41.4 Å². The van der Waals surface area contributed by atoms with E-state index in [4.69, 9.17) is 4.74 Å². The van der Waals surface area contributed by atoms with Crippen LogP contribution in [0.4, 0.5) is 13.2 Å². The van der Waals surface area contributed by atoms with Gasteiger partial charge in [-0.25, -0.2) is 4.68 Å². The van der Waals surface area contributed by atoms with E-state index in [0.717, 1.165) is 10.6 Å². The Morgan fingerprint density at radius 3 is 2.79 bits per heavy atom. The van der Waals surface area contributed by atoms with Gasteiger partial charge in [0.25, 0.3) is 0 Å². The number of halogens is 3. The van der Waals surface area contributed by atoms with Crippen LogP contribution in [0.2, 0.25) is 0 Å². The second-order valence-electron chi connectivity index (χ2n) is 5.77. The van der Waals surface area contributed by atoms with Crippen LogP contribution in [0, 0.1) is 0 Å². The van der Waals surface area contributed by atoms with E-state index < -0.39 is 12.7 Å². The van der Waals surface area contributed by atoms with Crippen LogP contribution in [0.1, 0.15) is 5.56 Å². The minimum Gasteiger partial charge on any atom is -0.475 e. The van der Waals surface area contributed by atoms with E-state index in [1.165, 1.54) is 17.5 Å². The number of alkyl halides is 3. The molecule has 4 nitrogen and oxygen atoms in total. The van der Waals surface area contributed by atoms with Crippen LogP contribution in [0.3, 0.4) is 0 Å². The molecule has 2 heterocycles. The molecule has 1 aromatic heterocycles. The van der Waals surface area contributed by atoms with Crippen molar-refractivity contribution in [2.75, 3.05) is 20.2 Å². The van der Waals surface area contributed by atoms with E-state index in [1.54, 1.807) is 22.6 Å². The van der Waals surface area contributed by atoms with Crippen molar-refractivity contribution in [2.45, 2.75) is 29.4 Å². The maximum absolute atomic E-state index is 12.5. The molecule has 0 unspecified atom stereocenters. The first-order valence-corrected chi connectivity index (χ1v) is 8.53. The molecule has 24 heavy (non-hydrogen) atoms. The van der Waals surface area contributed by atoms with Crippen molar-refractivity contribution in [2.24, 2.45) is 0 Å². The summed E-state index contributed by atoms with van der Waals surface area (Å²) in [6.07, 6.45) is -2.50. The number of rotatable bonds is 5. The minimum atomic E-state index is -4.21. The fraction of sp³-hybridized carbons (Fsp3) is 0.438. The minimum absolute atomic E-state index is 0.233. The highest BCUT2D eigenvalue weighted by molar-refractivity contribution is 7.98. The summed E-state index contributed by atoms with van der Waals surface area (Å²) in [6.45, 7) is -0.321. The standard InChI is InChI=1S/C16H18F3N3OS/c1-21(11-16(17,18)19)13-8-22-15(23-9-13)14(7-20-22)24-10-12-5-3-2-4-6-12/h2-7,13H,8-11H2,1H3/t13-/m0/s1. The molecule has 0 fully saturated rings. The molecule has 0 spiro atoms. The molecule has 0 N–H and O–H groups in total. The van der Waals surface area contributed by atoms with Crippen molar-refractivity contribution >= 4 is 11.8 Å². The molecule has 0 radical (unpaired) electrons. The maximum Gasteiger partial charge on any atom is 0.401 e. The van der Waals surface area contributed by atoms with Crippen molar-refractivity contribution in [3.63, 3.8) is 0 Å². The smallest absolute Gasteiger partial charge is 0.401 e. The summed E-state index contributed by atoms with van der Waals surface area (Å²) in [5.74, 6) is 1.44. The van der Waals surface area contributed by atoms with E-state index in [-0.39, 0.29) is 12.6 Å². The van der Waals surface area contributed by atoms with Gasteiger partial charge in [-0.05, 0) is 12.6 Å². The Labute approximate surface area is 142 Å². The number of aromatic nitrogens is 2. The predicted octanol–water partition coefficient (Wildman–Crippen LogP) is 3.43. The lowest BCUT2D eigenvalue weighted by molar-refractivity contribution is -0.150. The van der Waals surface area contributed by atoms with E-state index >= 15 is 0 Å². The largest absolute Gasteiger partial charge is 0.475 e. The van der Waals surface area contributed by atoms with Gasteiger partial charge in [0.05, 0.1) is 30.2 Å². The second kappa shape index (κ2) is 7.06. The van der Waals surface area contributed by atoms with Crippen LogP contribution < -0.4 is 4.74 Å². The van der Waals surface area contributed by atoms with E-state index in [9.17, 15) is 13.2 Å². The highest BCUT2D eigenvalue weighted by Gasteiger charge is 2.34. The van der Waals surface area contributed by atoms with Crippen LogP contribution in [0.5, 0.6) is 5.88 Å². The monoisotopic (exact) mass is 357 g/mol. The van der Waals surface area contributed by atoms with Gasteiger partial charge in [-0.1, -0.05) is 30.3 Å². The number of hydrogen-bond donors (Lipinski definition) is 0. The van der Waals surface area contributed by atoms with Crippen molar-refractivity contribution in [3.05, 3.63) is 42.1 Å². The van der Waals surface area contributed by atoms with Crippen LogP contribution in [-0.4, -0.2) is 47.1 Å². The third-order valence-electron chi connectivity index (χ3n) is 3.84. The number of benzene rings is 1. The summed E-state index contributed by atoms with van der Waals surface area (Å²) < 4.78 is 44.9. The van der Waals surface area contributed by atoms with Gasteiger partial charge in [0.15, 0.2) is 0 Å². The summed E-state index contributed by atoms with van der Waals surface area (Å²) in [6, 6.07) is 9.70. The molecular formula is C16H18F3N3OS. The zero-order valence-corrected chi connectivity index (χ0v) is 14.0. The maximum atomic E-state index is 12.5. The first-order valence-electron chi connectivity index (χ1n) is 7.55. The Morgan fingerprint density at radius 2 is 2.08 bits per heavy atom. The zero-order valence-electron chi connectivity index (χ0n) is 13.2. The quantitative estimate of drug-likeness (QED) is 0.767. The Balaban J connectivity index is 1.62. The summed E-state index contributed by atoms with van der Waals surface area (Å²) in [5, 5.41) is 4.26. The fourth-order valence-corrected chi connectivity index (χ4v) is 3.50. The Morgan fingerprint density at radius 1 is 1.33 bits per heavy atom. The summed E-state index contributed by atoms with van der Waals surface area (Å²) >= 11 is 1.61. The number of hydrogen-bond acceptors (Lipinski definition) is 4.